The molecule has 0 unspecified atom stereocenters. The maximum absolute atomic E-state index is 10.3. The van der Waals surface area contributed by atoms with Crippen molar-refractivity contribution in [2.45, 2.75) is 50.7 Å². The molecule has 19 heavy (non-hydrogen) atoms. The molecule has 0 bridgehead atoms. The van der Waals surface area contributed by atoms with Crippen LogP contribution < -0.4 is 5.46 Å². The van der Waals surface area contributed by atoms with Crippen LogP contribution in [-0.2, 0) is 4.65 Å². The summed E-state index contributed by atoms with van der Waals surface area (Å²) in [4.78, 5) is 1.00. The molecular formula is C14H23BO3S. The molecule has 3 nitrogen and oxygen atoms in total. The quantitative estimate of drug-likeness (QED) is 0.619. The van der Waals surface area contributed by atoms with Gasteiger partial charge in [0.15, 0.2) is 0 Å². The summed E-state index contributed by atoms with van der Waals surface area (Å²) in [7, 11) is -1.04. The number of hydrogen-bond donors (Lipinski definition) is 2. The Morgan fingerprint density at radius 3 is 2.32 bits per heavy atom. The Bertz CT molecular complexity index is 415. The second-order valence-electron chi connectivity index (χ2n) is 5.51. The van der Waals surface area contributed by atoms with Gasteiger partial charge in [-0.1, -0.05) is 25.1 Å². The molecule has 0 aliphatic heterocycles. The predicted molar refractivity (Wildman–Crippen MR) is 81.9 cm³/mol. The summed E-state index contributed by atoms with van der Waals surface area (Å²) in [5, 5.41) is 20.4. The summed E-state index contributed by atoms with van der Waals surface area (Å²) in [5.41, 5.74) is -1.15. The van der Waals surface area contributed by atoms with Crippen molar-refractivity contribution < 1.29 is 14.8 Å². The molecule has 0 saturated heterocycles. The van der Waals surface area contributed by atoms with Crippen molar-refractivity contribution in [3.8, 4) is 0 Å². The number of rotatable bonds is 6. The van der Waals surface area contributed by atoms with Gasteiger partial charge in [-0.15, -0.1) is 11.8 Å². The van der Waals surface area contributed by atoms with Gasteiger partial charge in [0.1, 0.15) is 0 Å². The van der Waals surface area contributed by atoms with Gasteiger partial charge in [0, 0.05) is 4.90 Å². The molecule has 0 fully saturated rings. The summed E-state index contributed by atoms with van der Waals surface area (Å²) in [6, 6.07) is 7.63. The van der Waals surface area contributed by atoms with Gasteiger partial charge >= 0.3 is 7.12 Å². The highest BCUT2D eigenvalue weighted by Crippen LogP contribution is 2.26. The van der Waals surface area contributed by atoms with Crippen molar-refractivity contribution in [2.24, 2.45) is 0 Å². The second-order valence-corrected chi connectivity index (χ2v) is 6.82. The van der Waals surface area contributed by atoms with Gasteiger partial charge in [-0.3, -0.25) is 0 Å². The third kappa shape index (κ3) is 4.24. The SMILES string of the molecule is CCSc1ccccc1B(O)OC(C)(C)C(C)(C)O. The fourth-order valence-corrected chi connectivity index (χ4v) is 2.28. The highest BCUT2D eigenvalue weighted by molar-refractivity contribution is 7.99. The number of benzene rings is 1. The third-order valence-electron chi connectivity index (χ3n) is 3.36. The van der Waals surface area contributed by atoms with E-state index in [1.165, 1.54) is 0 Å². The summed E-state index contributed by atoms with van der Waals surface area (Å²) in [6.45, 7) is 8.95. The molecule has 0 spiro atoms. The van der Waals surface area contributed by atoms with E-state index in [1.807, 2.05) is 24.3 Å². The normalized spacial score (nSPS) is 12.6. The second kappa shape index (κ2) is 6.31. The van der Waals surface area contributed by atoms with Crippen molar-refractivity contribution in [1.29, 1.82) is 0 Å². The summed E-state index contributed by atoms with van der Waals surface area (Å²) in [6.07, 6.45) is 0. The maximum Gasteiger partial charge on any atom is 0.492 e. The Kier molecular flexibility index (Phi) is 5.50. The largest absolute Gasteiger partial charge is 0.492 e. The van der Waals surface area contributed by atoms with Crippen LogP contribution in [0.4, 0.5) is 0 Å². The van der Waals surface area contributed by atoms with Crippen molar-refractivity contribution in [2.75, 3.05) is 5.75 Å². The first-order valence-electron chi connectivity index (χ1n) is 6.49. The Balaban J connectivity index is 2.92. The number of thioether (sulfide) groups is 1. The number of hydrogen-bond acceptors (Lipinski definition) is 4. The van der Waals surface area contributed by atoms with Gasteiger partial charge in [0.05, 0.1) is 11.2 Å². The van der Waals surface area contributed by atoms with E-state index < -0.39 is 18.3 Å². The Morgan fingerprint density at radius 1 is 1.21 bits per heavy atom. The van der Waals surface area contributed by atoms with Gasteiger partial charge in [-0.25, -0.2) is 0 Å². The van der Waals surface area contributed by atoms with Crippen molar-refractivity contribution in [3.63, 3.8) is 0 Å². The Labute approximate surface area is 120 Å². The molecule has 106 valence electrons. The molecule has 1 rings (SSSR count). The van der Waals surface area contributed by atoms with E-state index in [-0.39, 0.29) is 0 Å². The molecule has 0 radical (unpaired) electrons. The molecule has 0 heterocycles. The molecule has 2 N–H and O–H groups in total. The minimum Gasteiger partial charge on any atom is -0.423 e. The minimum absolute atomic E-state index is 0.742. The van der Waals surface area contributed by atoms with Crippen molar-refractivity contribution in [1.82, 2.24) is 0 Å². The van der Waals surface area contributed by atoms with Crippen LogP contribution in [0.15, 0.2) is 29.2 Å². The first-order valence-corrected chi connectivity index (χ1v) is 7.47. The zero-order chi connectivity index (χ0) is 14.7. The van der Waals surface area contributed by atoms with Crippen LogP contribution in [0.5, 0.6) is 0 Å². The van der Waals surface area contributed by atoms with Gasteiger partial charge < -0.3 is 14.8 Å². The predicted octanol–water partition coefficient (Wildman–Crippen LogP) is 2.05. The first-order chi connectivity index (χ1) is 8.69. The van der Waals surface area contributed by atoms with Crippen LogP contribution in [0.3, 0.4) is 0 Å². The van der Waals surface area contributed by atoms with Crippen LogP contribution in [0, 0.1) is 0 Å². The molecule has 1 aromatic rings. The minimum atomic E-state index is -1.04. The summed E-state index contributed by atoms with van der Waals surface area (Å²) < 4.78 is 5.67. The average molecular weight is 282 g/mol. The van der Waals surface area contributed by atoms with Gasteiger partial charge in [-0.05, 0) is 45.0 Å². The lowest BCUT2D eigenvalue weighted by Gasteiger charge is -2.38. The van der Waals surface area contributed by atoms with Crippen LogP contribution in [-0.4, -0.2) is 34.2 Å². The van der Waals surface area contributed by atoms with E-state index in [1.54, 1.807) is 39.5 Å². The molecular weight excluding hydrogens is 259 g/mol. The van der Waals surface area contributed by atoms with E-state index >= 15 is 0 Å². The topological polar surface area (TPSA) is 49.7 Å². The van der Waals surface area contributed by atoms with E-state index in [4.69, 9.17) is 4.65 Å². The monoisotopic (exact) mass is 282 g/mol. The molecule has 0 saturated carbocycles. The fourth-order valence-electron chi connectivity index (χ4n) is 1.46. The molecule has 1 aromatic carbocycles. The fraction of sp³-hybridized carbons (Fsp3) is 0.571. The van der Waals surface area contributed by atoms with Crippen LogP contribution in [0.1, 0.15) is 34.6 Å². The van der Waals surface area contributed by atoms with E-state index in [0.29, 0.717) is 0 Å². The maximum atomic E-state index is 10.3. The van der Waals surface area contributed by atoms with Crippen LogP contribution >= 0.6 is 11.8 Å². The van der Waals surface area contributed by atoms with Crippen LogP contribution in [0.25, 0.3) is 0 Å². The van der Waals surface area contributed by atoms with E-state index in [0.717, 1.165) is 16.1 Å². The zero-order valence-electron chi connectivity index (χ0n) is 12.3. The summed E-state index contributed by atoms with van der Waals surface area (Å²) >= 11 is 1.66. The van der Waals surface area contributed by atoms with Gasteiger partial charge in [0.2, 0.25) is 0 Å². The third-order valence-corrected chi connectivity index (χ3v) is 4.34. The molecule has 5 heteroatoms. The van der Waals surface area contributed by atoms with E-state index in [2.05, 4.69) is 6.92 Å². The first kappa shape index (κ1) is 16.6. The van der Waals surface area contributed by atoms with Crippen molar-refractivity contribution >= 4 is 24.3 Å². The van der Waals surface area contributed by atoms with Gasteiger partial charge in [0.25, 0.3) is 0 Å². The highest BCUT2D eigenvalue weighted by Gasteiger charge is 2.39. The molecule has 0 amide bonds. The average Bonchev–Trinajstić information content (AvgIpc) is 2.28. The van der Waals surface area contributed by atoms with E-state index in [9.17, 15) is 10.1 Å². The lowest BCUT2D eigenvalue weighted by Crippen LogP contribution is -2.53. The molecule has 0 aliphatic rings. The highest BCUT2D eigenvalue weighted by atomic mass is 32.2. The standard InChI is InChI=1S/C14H23BO3S/c1-6-19-12-10-8-7-9-11(12)15(17)18-14(4,5)13(2,3)16/h7-10,16-17H,6H2,1-5H3. The van der Waals surface area contributed by atoms with Crippen LogP contribution in [0.2, 0.25) is 0 Å². The molecule has 0 aromatic heterocycles. The molecule has 0 aliphatic carbocycles. The molecule has 0 atom stereocenters. The lowest BCUT2D eigenvalue weighted by molar-refractivity contribution is -0.0983. The smallest absolute Gasteiger partial charge is 0.423 e. The zero-order valence-corrected chi connectivity index (χ0v) is 13.1. The Morgan fingerprint density at radius 2 is 1.79 bits per heavy atom. The van der Waals surface area contributed by atoms with Crippen molar-refractivity contribution in [3.05, 3.63) is 24.3 Å². The Hall–Kier alpha value is -0.485. The van der Waals surface area contributed by atoms with Gasteiger partial charge in [-0.2, -0.15) is 0 Å². The lowest BCUT2D eigenvalue weighted by atomic mass is 9.76. The number of aliphatic hydroxyl groups is 1. The summed E-state index contributed by atoms with van der Waals surface area (Å²) in [5.74, 6) is 0.929.